The van der Waals surface area contributed by atoms with E-state index in [9.17, 15) is 9.18 Å². The van der Waals surface area contributed by atoms with E-state index in [0.717, 1.165) is 37.1 Å². The van der Waals surface area contributed by atoms with Gasteiger partial charge in [0.1, 0.15) is 5.82 Å². The molecule has 6 heteroatoms. The lowest BCUT2D eigenvalue weighted by molar-refractivity contribution is 0.0820. The first-order chi connectivity index (χ1) is 13.5. The van der Waals surface area contributed by atoms with Crippen LogP contribution in [0.4, 0.5) is 14.9 Å². The van der Waals surface area contributed by atoms with Gasteiger partial charge in [0.15, 0.2) is 0 Å². The van der Waals surface area contributed by atoms with Gasteiger partial charge in [-0.1, -0.05) is 24.3 Å². The maximum Gasteiger partial charge on any atom is 0.321 e. The fourth-order valence-corrected chi connectivity index (χ4v) is 3.28. The number of amides is 2. The minimum absolute atomic E-state index is 0.103. The highest BCUT2D eigenvalue weighted by Crippen LogP contribution is 2.23. The maximum atomic E-state index is 13.5. The molecule has 150 valence electrons. The Labute approximate surface area is 166 Å². The molecule has 0 aliphatic carbocycles. The number of hydrogen-bond acceptors (Lipinski definition) is 3. The van der Waals surface area contributed by atoms with Crippen LogP contribution < -0.4 is 5.32 Å². The fourth-order valence-electron chi connectivity index (χ4n) is 3.28. The molecule has 1 aliphatic heterocycles. The second-order valence-corrected chi connectivity index (χ2v) is 7.41. The van der Waals surface area contributed by atoms with Crippen molar-refractivity contribution in [3.8, 4) is 11.1 Å². The summed E-state index contributed by atoms with van der Waals surface area (Å²) in [4.78, 5) is 16.8. The molecule has 28 heavy (non-hydrogen) atoms. The van der Waals surface area contributed by atoms with E-state index < -0.39 is 0 Å². The molecule has 0 spiro atoms. The molecule has 5 nitrogen and oxygen atoms in total. The quantitative estimate of drug-likeness (QED) is 0.782. The predicted molar refractivity (Wildman–Crippen MR) is 110 cm³/mol. The number of ether oxygens (including phenoxy) is 1. The summed E-state index contributed by atoms with van der Waals surface area (Å²) in [6.45, 7) is 2.76. The lowest BCUT2D eigenvalue weighted by Crippen LogP contribution is -2.43. The largest absolute Gasteiger partial charge is 0.376 e. The van der Waals surface area contributed by atoms with Gasteiger partial charge in [0.2, 0.25) is 0 Å². The van der Waals surface area contributed by atoms with Crippen molar-refractivity contribution in [2.24, 2.45) is 0 Å². The summed E-state index contributed by atoms with van der Waals surface area (Å²) in [5.74, 6) is -0.279. The van der Waals surface area contributed by atoms with Gasteiger partial charge in [-0.25, -0.2) is 9.18 Å². The molecule has 0 aromatic heterocycles. The van der Waals surface area contributed by atoms with Gasteiger partial charge in [-0.05, 0) is 62.3 Å². The highest BCUT2D eigenvalue weighted by Gasteiger charge is 2.22. The summed E-state index contributed by atoms with van der Waals surface area (Å²) in [7, 11) is 3.98. The molecule has 0 bridgehead atoms. The zero-order valence-electron chi connectivity index (χ0n) is 16.5. The van der Waals surface area contributed by atoms with E-state index in [-0.39, 0.29) is 18.0 Å². The molecule has 1 N–H and O–H groups in total. The number of carbonyl (C=O) groups excluding carboxylic acids is 1. The van der Waals surface area contributed by atoms with Crippen molar-refractivity contribution in [1.29, 1.82) is 0 Å². The van der Waals surface area contributed by atoms with Crippen molar-refractivity contribution in [2.45, 2.75) is 18.9 Å². The molecule has 2 aromatic rings. The van der Waals surface area contributed by atoms with Crippen LogP contribution in [-0.2, 0) is 4.74 Å². The van der Waals surface area contributed by atoms with Gasteiger partial charge in [0.25, 0.3) is 0 Å². The first-order valence-electron chi connectivity index (χ1n) is 9.69. The Hall–Kier alpha value is -2.44. The van der Waals surface area contributed by atoms with E-state index in [1.807, 2.05) is 49.3 Å². The molecule has 2 amide bonds. The predicted octanol–water partition coefficient (Wildman–Crippen LogP) is 4.07. The van der Waals surface area contributed by atoms with Gasteiger partial charge in [-0.2, -0.15) is 0 Å². The van der Waals surface area contributed by atoms with Crippen molar-refractivity contribution >= 4 is 11.7 Å². The van der Waals surface area contributed by atoms with Gasteiger partial charge in [0.05, 0.1) is 6.10 Å². The highest BCUT2D eigenvalue weighted by atomic mass is 19.1. The molecular weight excluding hydrogens is 357 g/mol. The Balaban J connectivity index is 1.70. The number of rotatable bonds is 7. The van der Waals surface area contributed by atoms with E-state index >= 15 is 0 Å². The van der Waals surface area contributed by atoms with Crippen molar-refractivity contribution in [3.05, 3.63) is 54.3 Å². The normalized spacial score (nSPS) is 16.4. The number of carbonyl (C=O) groups is 1. The summed E-state index contributed by atoms with van der Waals surface area (Å²) < 4.78 is 19.2. The van der Waals surface area contributed by atoms with Crippen LogP contribution >= 0.6 is 0 Å². The van der Waals surface area contributed by atoms with Crippen molar-refractivity contribution < 1.29 is 13.9 Å². The van der Waals surface area contributed by atoms with Gasteiger partial charge in [-0.15, -0.1) is 0 Å². The third kappa shape index (κ3) is 5.78. The third-order valence-electron chi connectivity index (χ3n) is 4.82. The van der Waals surface area contributed by atoms with Crippen LogP contribution in [0.2, 0.25) is 0 Å². The third-order valence-corrected chi connectivity index (χ3v) is 4.82. The lowest BCUT2D eigenvalue weighted by atomic mass is 10.1. The average molecular weight is 385 g/mol. The van der Waals surface area contributed by atoms with Gasteiger partial charge in [0, 0.05) is 31.9 Å². The Morgan fingerprint density at radius 3 is 2.57 bits per heavy atom. The molecule has 1 aliphatic rings. The van der Waals surface area contributed by atoms with Crippen LogP contribution in [0.5, 0.6) is 0 Å². The number of hydrogen-bond donors (Lipinski definition) is 1. The second-order valence-electron chi connectivity index (χ2n) is 7.41. The molecule has 2 aromatic carbocycles. The van der Waals surface area contributed by atoms with Crippen molar-refractivity contribution in [3.63, 3.8) is 0 Å². The zero-order valence-corrected chi connectivity index (χ0v) is 16.5. The SMILES string of the molecule is CN(C)CCN(C[C@@H]1CCCO1)C(=O)Nc1cccc(-c2cccc(F)c2)c1. The Bertz CT molecular complexity index is 791. The summed E-state index contributed by atoms with van der Waals surface area (Å²) in [6.07, 6.45) is 2.14. The monoisotopic (exact) mass is 385 g/mol. The zero-order chi connectivity index (χ0) is 19.9. The first kappa shape index (κ1) is 20.3. The fraction of sp³-hybridized carbons (Fsp3) is 0.409. The summed E-state index contributed by atoms with van der Waals surface area (Å²) in [5, 5.41) is 2.98. The van der Waals surface area contributed by atoms with Gasteiger partial charge < -0.3 is 19.9 Å². The molecule has 1 atom stereocenters. The average Bonchev–Trinajstić information content (AvgIpc) is 3.18. The molecule has 0 unspecified atom stereocenters. The number of nitrogens with zero attached hydrogens (tertiary/aromatic N) is 2. The molecule has 1 fully saturated rings. The number of urea groups is 1. The van der Waals surface area contributed by atoms with Crippen LogP contribution in [-0.4, -0.2) is 62.3 Å². The van der Waals surface area contributed by atoms with E-state index in [0.29, 0.717) is 18.8 Å². The van der Waals surface area contributed by atoms with E-state index in [1.165, 1.54) is 12.1 Å². The Morgan fingerprint density at radius 1 is 1.14 bits per heavy atom. The molecule has 3 rings (SSSR count). The minimum atomic E-state index is -0.279. The van der Waals surface area contributed by atoms with Crippen LogP contribution in [0.15, 0.2) is 48.5 Å². The number of nitrogens with one attached hydrogen (secondary N) is 1. The molecule has 0 saturated carbocycles. The molecule has 1 saturated heterocycles. The van der Waals surface area contributed by atoms with Gasteiger partial charge in [-0.3, -0.25) is 0 Å². The van der Waals surface area contributed by atoms with Crippen LogP contribution in [0, 0.1) is 5.82 Å². The molecule has 0 radical (unpaired) electrons. The number of likely N-dealkylation sites (N-methyl/N-ethyl adjacent to an activating group) is 1. The lowest BCUT2D eigenvalue weighted by Gasteiger charge is -2.27. The number of benzene rings is 2. The number of halogens is 1. The van der Waals surface area contributed by atoms with Crippen molar-refractivity contribution in [2.75, 3.05) is 45.7 Å². The van der Waals surface area contributed by atoms with Crippen LogP contribution in [0.1, 0.15) is 12.8 Å². The summed E-state index contributed by atoms with van der Waals surface area (Å²) >= 11 is 0. The van der Waals surface area contributed by atoms with E-state index in [4.69, 9.17) is 4.74 Å². The second kappa shape index (κ2) is 9.66. The van der Waals surface area contributed by atoms with Crippen LogP contribution in [0.25, 0.3) is 11.1 Å². The minimum Gasteiger partial charge on any atom is -0.376 e. The van der Waals surface area contributed by atoms with E-state index in [1.54, 1.807) is 6.07 Å². The van der Waals surface area contributed by atoms with Crippen molar-refractivity contribution in [1.82, 2.24) is 9.80 Å². The highest BCUT2D eigenvalue weighted by molar-refractivity contribution is 5.90. The van der Waals surface area contributed by atoms with E-state index in [2.05, 4.69) is 10.2 Å². The van der Waals surface area contributed by atoms with Crippen LogP contribution in [0.3, 0.4) is 0 Å². The van der Waals surface area contributed by atoms with Gasteiger partial charge >= 0.3 is 6.03 Å². The first-order valence-corrected chi connectivity index (χ1v) is 9.69. The summed E-state index contributed by atoms with van der Waals surface area (Å²) in [6, 6.07) is 13.8. The Kier molecular flexibility index (Phi) is 7.01. The Morgan fingerprint density at radius 2 is 1.89 bits per heavy atom. The summed E-state index contributed by atoms with van der Waals surface area (Å²) in [5.41, 5.74) is 2.32. The molecular formula is C22H28FN3O2. The maximum absolute atomic E-state index is 13.5. The molecule has 1 heterocycles. The standard InChI is InChI=1S/C22H28FN3O2/c1-25(2)11-12-26(16-21-10-5-13-28-21)22(27)24-20-9-4-7-18(15-20)17-6-3-8-19(23)14-17/h3-4,6-9,14-15,21H,5,10-13,16H2,1-2H3,(H,24,27)/t21-/m0/s1. The number of anilines is 1. The topological polar surface area (TPSA) is 44.8 Å². The smallest absolute Gasteiger partial charge is 0.321 e.